The third-order valence-electron chi connectivity index (χ3n) is 3.05. The van der Waals surface area contributed by atoms with Gasteiger partial charge in [0.1, 0.15) is 5.82 Å². The van der Waals surface area contributed by atoms with E-state index in [9.17, 15) is 4.39 Å². The van der Waals surface area contributed by atoms with Crippen LogP contribution < -0.4 is 10.2 Å². The summed E-state index contributed by atoms with van der Waals surface area (Å²) in [6, 6.07) is 13.2. The minimum absolute atomic E-state index is 0.170. The molecule has 1 N–H and O–H groups in total. The summed E-state index contributed by atoms with van der Waals surface area (Å²) in [7, 11) is 3.86. The Balaban J connectivity index is 2.34. The molecular formula is C15H17FN2. The van der Waals surface area contributed by atoms with Gasteiger partial charge in [-0.15, -0.1) is 0 Å². The fraction of sp³-hybridized carbons (Fsp3) is 0.200. The highest BCUT2D eigenvalue weighted by Crippen LogP contribution is 2.26. The highest BCUT2D eigenvalue weighted by Gasteiger charge is 2.06. The van der Waals surface area contributed by atoms with Crippen LogP contribution in [0.1, 0.15) is 5.56 Å². The average Bonchev–Trinajstić information content (AvgIpc) is 2.41. The normalized spacial score (nSPS) is 10.2. The van der Waals surface area contributed by atoms with E-state index in [1.54, 1.807) is 13.0 Å². The van der Waals surface area contributed by atoms with E-state index >= 15 is 0 Å². The SMILES string of the molecule is CNc1cccc(N(C)c2ccc(F)c(C)c2)c1. The quantitative estimate of drug-likeness (QED) is 0.879. The van der Waals surface area contributed by atoms with Crippen molar-refractivity contribution in [1.29, 1.82) is 0 Å². The molecule has 0 saturated heterocycles. The van der Waals surface area contributed by atoms with Crippen molar-refractivity contribution in [1.82, 2.24) is 0 Å². The molecule has 2 aromatic rings. The fourth-order valence-electron chi connectivity index (χ4n) is 1.86. The standard InChI is InChI=1S/C15H17FN2/c1-11-9-14(7-8-15(11)16)18(3)13-6-4-5-12(10-13)17-2/h4-10,17H,1-3H3. The zero-order chi connectivity index (χ0) is 13.1. The second-order valence-corrected chi connectivity index (χ2v) is 4.29. The van der Waals surface area contributed by atoms with Crippen LogP contribution in [0.25, 0.3) is 0 Å². The van der Waals surface area contributed by atoms with Crippen molar-refractivity contribution in [2.75, 3.05) is 24.3 Å². The summed E-state index contributed by atoms with van der Waals surface area (Å²) >= 11 is 0. The lowest BCUT2D eigenvalue weighted by molar-refractivity contribution is 0.618. The summed E-state index contributed by atoms with van der Waals surface area (Å²) in [6.45, 7) is 1.77. The molecule has 0 spiro atoms. The van der Waals surface area contributed by atoms with E-state index in [0.717, 1.165) is 17.1 Å². The molecule has 94 valence electrons. The maximum atomic E-state index is 13.3. The van der Waals surface area contributed by atoms with Gasteiger partial charge in [-0.1, -0.05) is 6.07 Å². The second kappa shape index (κ2) is 5.08. The molecule has 0 bridgehead atoms. The molecule has 0 atom stereocenters. The predicted molar refractivity (Wildman–Crippen MR) is 75.2 cm³/mol. The van der Waals surface area contributed by atoms with Gasteiger partial charge < -0.3 is 10.2 Å². The van der Waals surface area contributed by atoms with E-state index in [1.807, 2.05) is 43.3 Å². The molecule has 0 aromatic heterocycles. The number of rotatable bonds is 3. The number of nitrogens with one attached hydrogen (secondary N) is 1. The van der Waals surface area contributed by atoms with Gasteiger partial charge >= 0.3 is 0 Å². The van der Waals surface area contributed by atoms with Gasteiger partial charge in [-0.25, -0.2) is 4.39 Å². The lowest BCUT2D eigenvalue weighted by Crippen LogP contribution is -2.10. The topological polar surface area (TPSA) is 15.3 Å². The first-order valence-corrected chi connectivity index (χ1v) is 5.89. The zero-order valence-corrected chi connectivity index (χ0v) is 10.9. The van der Waals surface area contributed by atoms with E-state index < -0.39 is 0 Å². The Morgan fingerprint density at radius 3 is 2.44 bits per heavy atom. The van der Waals surface area contributed by atoms with Crippen LogP contribution in [-0.4, -0.2) is 14.1 Å². The van der Waals surface area contributed by atoms with Gasteiger partial charge in [0.05, 0.1) is 0 Å². The number of aryl methyl sites for hydroxylation is 1. The molecule has 2 rings (SSSR count). The largest absolute Gasteiger partial charge is 0.388 e. The van der Waals surface area contributed by atoms with E-state index in [1.165, 1.54) is 6.07 Å². The molecule has 0 saturated carbocycles. The number of halogens is 1. The Kier molecular flexibility index (Phi) is 3.51. The monoisotopic (exact) mass is 244 g/mol. The van der Waals surface area contributed by atoms with Crippen LogP contribution in [0.15, 0.2) is 42.5 Å². The highest BCUT2D eigenvalue weighted by molar-refractivity contribution is 5.67. The molecular weight excluding hydrogens is 227 g/mol. The van der Waals surface area contributed by atoms with Crippen molar-refractivity contribution in [3.8, 4) is 0 Å². The van der Waals surface area contributed by atoms with Crippen LogP contribution in [0.2, 0.25) is 0 Å². The number of hydrogen-bond acceptors (Lipinski definition) is 2. The molecule has 0 heterocycles. The minimum atomic E-state index is -0.170. The van der Waals surface area contributed by atoms with E-state index in [2.05, 4.69) is 11.4 Å². The minimum Gasteiger partial charge on any atom is -0.388 e. The van der Waals surface area contributed by atoms with E-state index in [-0.39, 0.29) is 5.82 Å². The van der Waals surface area contributed by atoms with Crippen LogP contribution in [0.3, 0.4) is 0 Å². The Morgan fingerprint density at radius 2 is 1.78 bits per heavy atom. The molecule has 3 heteroatoms. The second-order valence-electron chi connectivity index (χ2n) is 4.29. The van der Waals surface area contributed by atoms with Gasteiger partial charge in [-0.2, -0.15) is 0 Å². The van der Waals surface area contributed by atoms with Crippen molar-refractivity contribution in [2.24, 2.45) is 0 Å². The van der Waals surface area contributed by atoms with Crippen molar-refractivity contribution >= 4 is 17.1 Å². The van der Waals surface area contributed by atoms with Crippen molar-refractivity contribution in [3.63, 3.8) is 0 Å². The molecule has 0 aliphatic rings. The molecule has 18 heavy (non-hydrogen) atoms. The van der Waals surface area contributed by atoms with Crippen LogP contribution in [0.5, 0.6) is 0 Å². The summed E-state index contributed by atoms with van der Waals surface area (Å²) in [5, 5.41) is 3.11. The van der Waals surface area contributed by atoms with Crippen LogP contribution >= 0.6 is 0 Å². The Bertz CT molecular complexity index is 552. The summed E-state index contributed by atoms with van der Waals surface area (Å²) < 4.78 is 13.3. The van der Waals surface area contributed by atoms with Crippen LogP contribution in [-0.2, 0) is 0 Å². The maximum absolute atomic E-state index is 13.3. The third-order valence-corrected chi connectivity index (χ3v) is 3.05. The molecule has 0 unspecified atom stereocenters. The summed E-state index contributed by atoms with van der Waals surface area (Å²) in [4.78, 5) is 2.04. The number of anilines is 3. The van der Waals surface area contributed by atoms with Crippen molar-refractivity contribution in [3.05, 3.63) is 53.8 Å². The summed E-state index contributed by atoms with van der Waals surface area (Å²) in [6.07, 6.45) is 0. The van der Waals surface area contributed by atoms with Crippen LogP contribution in [0, 0.1) is 12.7 Å². The van der Waals surface area contributed by atoms with Gasteiger partial charge in [0.15, 0.2) is 0 Å². The smallest absolute Gasteiger partial charge is 0.126 e. The number of nitrogens with zero attached hydrogens (tertiary/aromatic N) is 1. The molecule has 0 aliphatic carbocycles. The number of benzene rings is 2. The zero-order valence-electron chi connectivity index (χ0n) is 10.9. The molecule has 0 radical (unpaired) electrons. The van der Waals surface area contributed by atoms with Crippen molar-refractivity contribution in [2.45, 2.75) is 6.92 Å². The van der Waals surface area contributed by atoms with Gasteiger partial charge in [0.2, 0.25) is 0 Å². The van der Waals surface area contributed by atoms with Gasteiger partial charge in [-0.05, 0) is 48.9 Å². The Morgan fingerprint density at radius 1 is 1.06 bits per heavy atom. The summed E-state index contributed by atoms with van der Waals surface area (Å²) in [5.74, 6) is -0.170. The maximum Gasteiger partial charge on any atom is 0.126 e. The Hall–Kier alpha value is -2.03. The first-order valence-electron chi connectivity index (χ1n) is 5.89. The first-order chi connectivity index (χ1) is 8.61. The molecule has 2 aromatic carbocycles. The summed E-state index contributed by atoms with van der Waals surface area (Å²) in [5.41, 5.74) is 3.75. The average molecular weight is 244 g/mol. The predicted octanol–water partition coefficient (Wildman–Crippen LogP) is 3.94. The lowest BCUT2D eigenvalue weighted by Gasteiger charge is -2.20. The van der Waals surface area contributed by atoms with Crippen LogP contribution in [0.4, 0.5) is 21.5 Å². The van der Waals surface area contributed by atoms with Gasteiger partial charge in [-0.3, -0.25) is 0 Å². The van der Waals surface area contributed by atoms with Crippen molar-refractivity contribution < 1.29 is 4.39 Å². The number of hydrogen-bond donors (Lipinski definition) is 1. The van der Waals surface area contributed by atoms with Gasteiger partial charge in [0.25, 0.3) is 0 Å². The van der Waals surface area contributed by atoms with E-state index in [4.69, 9.17) is 0 Å². The molecule has 0 aliphatic heterocycles. The molecule has 0 fully saturated rings. The third kappa shape index (κ3) is 2.45. The van der Waals surface area contributed by atoms with E-state index in [0.29, 0.717) is 5.56 Å². The first kappa shape index (κ1) is 12.4. The Labute approximate surface area is 107 Å². The van der Waals surface area contributed by atoms with Gasteiger partial charge in [0, 0.05) is 31.2 Å². The highest BCUT2D eigenvalue weighted by atomic mass is 19.1. The molecule has 0 amide bonds. The lowest BCUT2D eigenvalue weighted by atomic mass is 10.2. The fourth-order valence-corrected chi connectivity index (χ4v) is 1.86. The molecule has 2 nitrogen and oxygen atoms in total.